The highest BCUT2D eigenvalue weighted by Crippen LogP contribution is 2.24. The van der Waals surface area contributed by atoms with E-state index >= 15 is 0 Å². The van der Waals surface area contributed by atoms with Gasteiger partial charge in [-0.05, 0) is 49.8 Å². The normalized spacial score (nSPS) is 12.4. The van der Waals surface area contributed by atoms with Crippen LogP contribution in [0.25, 0.3) is 0 Å². The van der Waals surface area contributed by atoms with Gasteiger partial charge in [-0.2, -0.15) is 0 Å². The van der Waals surface area contributed by atoms with E-state index in [1.165, 1.54) is 0 Å². The van der Waals surface area contributed by atoms with Gasteiger partial charge in [0.25, 0.3) is 0 Å². The number of aryl methyl sites for hydroxylation is 2. The number of carbonyl (C=O) groups is 1. The van der Waals surface area contributed by atoms with Crippen LogP contribution in [0, 0.1) is 19.7 Å². The molecule has 3 nitrogen and oxygen atoms in total. The number of hydrogen-bond donors (Lipinski definition) is 2. The number of aliphatic carboxylic acids is 1. The van der Waals surface area contributed by atoms with Crippen LogP contribution in [0.3, 0.4) is 0 Å². The lowest BCUT2D eigenvalue weighted by atomic mass is 9.99. The molecule has 100 valence electrons. The number of rotatable bonds is 6. The smallest absolute Gasteiger partial charge is 0.303 e. The van der Waals surface area contributed by atoms with Gasteiger partial charge in [-0.15, -0.1) is 0 Å². The summed E-state index contributed by atoms with van der Waals surface area (Å²) in [4.78, 5) is 10.3. The fourth-order valence-corrected chi connectivity index (χ4v) is 1.95. The van der Waals surface area contributed by atoms with Gasteiger partial charge in [-0.3, -0.25) is 4.79 Å². The third kappa shape index (κ3) is 4.11. The Morgan fingerprint density at radius 2 is 1.83 bits per heavy atom. The summed E-state index contributed by atoms with van der Waals surface area (Å²) in [5, 5.41) is 18.5. The lowest BCUT2D eigenvalue weighted by Crippen LogP contribution is -2.01. The second-order valence-corrected chi connectivity index (χ2v) is 4.62. The SMILES string of the molecule is Cc1cc(C(O)CCCCC(=O)O)cc(C)c1F. The molecule has 0 radical (unpaired) electrons. The van der Waals surface area contributed by atoms with Gasteiger partial charge in [0.1, 0.15) is 5.82 Å². The minimum Gasteiger partial charge on any atom is -0.481 e. The molecule has 0 saturated carbocycles. The second-order valence-electron chi connectivity index (χ2n) is 4.62. The maximum atomic E-state index is 13.4. The fourth-order valence-electron chi connectivity index (χ4n) is 1.95. The zero-order valence-corrected chi connectivity index (χ0v) is 10.7. The van der Waals surface area contributed by atoms with E-state index in [1.54, 1.807) is 26.0 Å². The van der Waals surface area contributed by atoms with Gasteiger partial charge in [0.15, 0.2) is 0 Å². The monoisotopic (exact) mass is 254 g/mol. The van der Waals surface area contributed by atoms with Crippen LogP contribution in [0.1, 0.15) is 48.5 Å². The average molecular weight is 254 g/mol. The molecule has 0 fully saturated rings. The molecule has 0 heterocycles. The van der Waals surface area contributed by atoms with E-state index in [1.807, 2.05) is 0 Å². The van der Waals surface area contributed by atoms with Crippen molar-refractivity contribution in [3.05, 3.63) is 34.6 Å². The predicted molar refractivity (Wildman–Crippen MR) is 66.9 cm³/mol. The first kappa shape index (κ1) is 14.6. The van der Waals surface area contributed by atoms with Crippen molar-refractivity contribution in [2.45, 2.75) is 45.6 Å². The minimum atomic E-state index is -0.821. The Morgan fingerprint density at radius 3 is 2.33 bits per heavy atom. The van der Waals surface area contributed by atoms with Crippen molar-refractivity contribution in [1.82, 2.24) is 0 Å². The Bertz CT molecular complexity index is 406. The topological polar surface area (TPSA) is 57.5 Å². The molecule has 0 aliphatic carbocycles. The fraction of sp³-hybridized carbons (Fsp3) is 0.500. The van der Waals surface area contributed by atoms with Crippen molar-refractivity contribution < 1.29 is 19.4 Å². The summed E-state index contributed by atoms with van der Waals surface area (Å²) in [6.07, 6.45) is 1.15. The van der Waals surface area contributed by atoms with E-state index in [4.69, 9.17) is 5.11 Å². The molecule has 1 unspecified atom stereocenters. The molecule has 0 aliphatic heterocycles. The molecule has 0 spiro atoms. The molecule has 0 aliphatic rings. The first-order valence-electron chi connectivity index (χ1n) is 6.08. The van der Waals surface area contributed by atoms with E-state index in [0.29, 0.717) is 36.0 Å². The Hall–Kier alpha value is -1.42. The van der Waals surface area contributed by atoms with Crippen molar-refractivity contribution in [3.8, 4) is 0 Å². The van der Waals surface area contributed by atoms with Crippen LogP contribution in [0.5, 0.6) is 0 Å². The third-order valence-corrected chi connectivity index (χ3v) is 2.96. The molecule has 0 amide bonds. The van der Waals surface area contributed by atoms with Gasteiger partial charge < -0.3 is 10.2 Å². The van der Waals surface area contributed by atoms with Crippen molar-refractivity contribution in [2.75, 3.05) is 0 Å². The Kier molecular flexibility index (Phi) is 5.28. The molecule has 1 aromatic rings. The summed E-state index contributed by atoms with van der Waals surface area (Å²) in [6, 6.07) is 3.29. The molecule has 1 aromatic carbocycles. The van der Waals surface area contributed by atoms with Gasteiger partial charge in [0.2, 0.25) is 0 Å². The minimum absolute atomic E-state index is 0.119. The summed E-state index contributed by atoms with van der Waals surface area (Å²) in [5.41, 5.74) is 1.74. The van der Waals surface area contributed by atoms with Crippen molar-refractivity contribution in [2.24, 2.45) is 0 Å². The molecule has 0 bridgehead atoms. The highest BCUT2D eigenvalue weighted by Gasteiger charge is 2.11. The number of benzene rings is 1. The van der Waals surface area contributed by atoms with Crippen molar-refractivity contribution in [1.29, 1.82) is 0 Å². The number of unbranched alkanes of at least 4 members (excludes halogenated alkanes) is 1. The Balaban J connectivity index is 2.56. The zero-order chi connectivity index (χ0) is 13.7. The van der Waals surface area contributed by atoms with Crippen molar-refractivity contribution in [3.63, 3.8) is 0 Å². The molecule has 1 atom stereocenters. The largest absolute Gasteiger partial charge is 0.481 e. The maximum Gasteiger partial charge on any atom is 0.303 e. The molecule has 18 heavy (non-hydrogen) atoms. The first-order valence-corrected chi connectivity index (χ1v) is 6.08. The van der Waals surface area contributed by atoms with Gasteiger partial charge in [0, 0.05) is 6.42 Å². The quantitative estimate of drug-likeness (QED) is 0.767. The summed E-state index contributed by atoms with van der Waals surface area (Å²) < 4.78 is 13.4. The van der Waals surface area contributed by atoms with Crippen LogP contribution in [0.4, 0.5) is 4.39 Å². The van der Waals surface area contributed by atoms with Crippen LogP contribution < -0.4 is 0 Å². The summed E-state index contributed by atoms with van der Waals surface area (Å²) in [5.74, 6) is -1.06. The van der Waals surface area contributed by atoms with Crippen LogP contribution in [0.2, 0.25) is 0 Å². The highest BCUT2D eigenvalue weighted by atomic mass is 19.1. The number of carboxylic acid groups (broad SMARTS) is 1. The van der Waals surface area contributed by atoms with Gasteiger partial charge >= 0.3 is 5.97 Å². The molecule has 4 heteroatoms. The summed E-state index contributed by atoms with van der Waals surface area (Å²) >= 11 is 0. The van der Waals surface area contributed by atoms with Gasteiger partial charge in [0.05, 0.1) is 6.10 Å². The zero-order valence-electron chi connectivity index (χ0n) is 10.7. The van der Waals surface area contributed by atoms with Crippen LogP contribution in [-0.2, 0) is 4.79 Å². The van der Waals surface area contributed by atoms with Gasteiger partial charge in [-0.1, -0.05) is 12.1 Å². The number of aliphatic hydroxyl groups is 1. The number of carboxylic acids is 1. The van der Waals surface area contributed by atoms with Crippen LogP contribution in [-0.4, -0.2) is 16.2 Å². The number of halogens is 1. The first-order chi connectivity index (χ1) is 8.41. The lowest BCUT2D eigenvalue weighted by Gasteiger charge is -2.13. The number of aliphatic hydroxyl groups excluding tert-OH is 1. The van der Waals surface area contributed by atoms with E-state index in [9.17, 15) is 14.3 Å². The molecular weight excluding hydrogens is 235 g/mol. The second kappa shape index (κ2) is 6.50. The standard InChI is InChI=1S/C14H19FO3/c1-9-7-11(8-10(2)14(9)15)12(16)5-3-4-6-13(17)18/h7-8,12,16H,3-6H2,1-2H3,(H,17,18). The van der Waals surface area contributed by atoms with E-state index < -0.39 is 12.1 Å². The van der Waals surface area contributed by atoms with E-state index in [2.05, 4.69) is 0 Å². The lowest BCUT2D eigenvalue weighted by molar-refractivity contribution is -0.137. The highest BCUT2D eigenvalue weighted by molar-refractivity contribution is 5.66. The predicted octanol–water partition coefficient (Wildman–Crippen LogP) is 3.12. The maximum absolute atomic E-state index is 13.4. The van der Waals surface area contributed by atoms with E-state index in [-0.39, 0.29) is 12.2 Å². The molecule has 0 saturated heterocycles. The Morgan fingerprint density at radius 1 is 1.28 bits per heavy atom. The average Bonchev–Trinajstić information content (AvgIpc) is 2.30. The molecule has 2 N–H and O–H groups in total. The van der Waals surface area contributed by atoms with Crippen molar-refractivity contribution >= 4 is 5.97 Å². The van der Waals surface area contributed by atoms with Crippen LogP contribution >= 0.6 is 0 Å². The third-order valence-electron chi connectivity index (χ3n) is 2.96. The molecule has 0 aromatic heterocycles. The van der Waals surface area contributed by atoms with Gasteiger partial charge in [-0.25, -0.2) is 4.39 Å². The Labute approximate surface area is 106 Å². The summed E-state index contributed by atoms with van der Waals surface area (Å²) in [7, 11) is 0. The molecule has 1 rings (SSSR count). The summed E-state index contributed by atoms with van der Waals surface area (Å²) in [6.45, 7) is 3.34. The van der Waals surface area contributed by atoms with E-state index in [0.717, 1.165) is 0 Å². The molecular formula is C14H19FO3. The number of hydrogen-bond acceptors (Lipinski definition) is 2. The van der Waals surface area contributed by atoms with Crippen LogP contribution in [0.15, 0.2) is 12.1 Å².